The zero-order valence-corrected chi connectivity index (χ0v) is 16.9. The monoisotopic (exact) mass is 387 g/mol. The van der Waals surface area contributed by atoms with Crippen LogP contribution >= 0.6 is 11.3 Å². The van der Waals surface area contributed by atoms with Gasteiger partial charge in [0.25, 0.3) is 0 Å². The number of nitrogens with zero attached hydrogens (tertiary/aromatic N) is 3. The van der Waals surface area contributed by atoms with Gasteiger partial charge in [0.15, 0.2) is 11.2 Å². The van der Waals surface area contributed by atoms with E-state index in [1.807, 2.05) is 79.6 Å². The number of rotatable bonds is 2. The van der Waals surface area contributed by atoms with E-state index in [1.165, 1.54) is 11.3 Å². The molecule has 3 atom stereocenters. The quantitative estimate of drug-likeness (QED) is 0.745. The molecule has 0 unspecified atom stereocenters. The van der Waals surface area contributed by atoms with Crippen molar-refractivity contribution in [2.45, 2.75) is 38.8 Å². The minimum absolute atomic E-state index is 0.0494. The van der Waals surface area contributed by atoms with Crippen LogP contribution in [0.5, 0.6) is 0 Å². The van der Waals surface area contributed by atoms with Gasteiger partial charge in [0.05, 0.1) is 30.1 Å². The molecule has 4 nitrogen and oxygen atoms in total. The average molecular weight is 388 g/mol. The maximum atomic E-state index is 13.7. The molecular weight excluding hydrogens is 366 g/mol. The van der Waals surface area contributed by atoms with E-state index < -0.39 is 28.8 Å². The number of Topliss-reactive ketones (excluding diaryl/α,β-unsaturated/α-hetero) is 1. The number of hydrogen-bond acceptors (Lipinski definition) is 5. The van der Waals surface area contributed by atoms with E-state index in [4.69, 9.17) is 0 Å². The van der Waals surface area contributed by atoms with Crippen LogP contribution in [0.25, 0.3) is 6.08 Å². The molecule has 0 radical (unpaired) electrons. The minimum Gasteiger partial charge on any atom is -0.351 e. The molecule has 1 fully saturated rings. The van der Waals surface area contributed by atoms with Gasteiger partial charge in [-0.05, 0) is 23.1 Å². The predicted octanol–water partition coefficient (Wildman–Crippen LogP) is 4.76. The summed E-state index contributed by atoms with van der Waals surface area (Å²) in [5.41, 5.74) is -0.0175. The Bertz CT molecular complexity index is 1020. The number of anilines is 1. The first-order valence-electron chi connectivity index (χ1n) is 9.31. The van der Waals surface area contributed by atoms with Crippen LogP contribution in [0.15, 0.2) is 47.9 Å². The third-order valence-corrected chi connectivity index (χ3v) is 6.73. The van der Waals surface area contributed by atoms with Crippen molar-refractivity contribution in [3.63, 3.8) is 0 Å². The second kappa shape index (κ2) is 6.33. The summed E-state index contributed by atoms with van der Waals surface area (Å²) in [5.74, 6) is -0.455. The number of nitriles is 2. The fourth-order valence-corrected chi connectivity index (χ4v) is 5.39. The van der Waals surface area contributed by atoms with Gasteiger partial charge in [-0.25, -0.2) is 0 Å². The summed E-state index contributed by atoms with van der Waals surface area (Å²) < 4.78 is 0. The highest BCUT2D eigenvalue weighted by Gasteiger charge is 2.64. The molecule has 2 aromatic rings. The summed E-state index contributed by atoms with van der Waals surface area (Å²) in [6.07, 6.45) is 3.89. The molecule has 2 aliphatic rings. The lowest BCUT2D eigenvalue weighted by molar-refractivity contribution is -0.127. The van der Waals surface area contributed by atoms with Crippen LogP contribution in [0, 0.1) is 33.5 Å². The Morgan fingerprint density at radius 2 is 1.86 bits per heavy atom. The second-order valence-electron chi connectivity index (χ2n) is 8.41. The van der Waals surface area contributed by atoms with Gasteiger partial charge in [0.1, 0.15) is 0 Å². The number of carbonyl (C=O) groups is 1. The van der Waals surface area contributed by atoms with Gasteiger partial charge in [-0.1, -0.05) is 57.2 Å². The molecule has 0 bridgehead atoms. The molecule has 28 heavy (non-hydrogen) atoms. The van der Waals surface area contributed by atoms with Crippen LogP contribution in [-0.2, 0) is 4.79 Å². The fraction of sp³-hybridized carbons (Fsp3) is 0.348. The van der Waals surface area contributed by atoms with Gasteiger partial charge in [-0.2, -0.15) is 10.5 Å². The molecule has 4 rings (SSSR count). The predicted molar refractivity (Wildman–Crippen MR) is 111 cm³/mol. The van der Waals surface area contributed by atoms with E-state index in [0.717, 1.165) is 16.1 Å². The van der Waals surface area contributed by atoms with E-state index in [-0.39, 0.29) is 5.78 Å². The first kappa shape index (κ1) is 18.5. The van der Waals surface area contributed by atoms with Crippen molar-refractivity contribution in [3.05, 3.63) is 58.3 Å². The molecule has 140 valence electrons. The van der Waals surface area contributed by atoms with Crippen LogP contribution in [-0.4, -0.2) is 17.9 Å². The van der Waals surface area contributed by atoms with Gasteiger partial charge >= 0.3 is 0 Å². The lowest BCUT2D eigenvalue weighted by atomic mass is 9.70. The van der Waals surface area contributed by atoms with E-state index in [0.29, 0.717) is 0 Å². The molecule has 2 aliphatic heterocycles. The van der Waals surface area contributed by atoms with E-state index >= 15 is 0 Å². The highest BCUT2D eigenvalue weighted by Crippen LogP contribution is 2.56. The molecule has 1 aromatic carbocycles. The Hall–Kier alpha value is -2.89. The van der Waals surface area contributed by atoms with Crippen molar-refractivity contribution >= 4 is 28.9 Å². The lowest BCUT2D eigenvalue weighted by Crippen LogP contribution is -2.47. The number of ketones is 1. The van der Waals surface area contributed by atoms with Crippen LogP contribution in [0.1, 0.15) is 37.1 Å². The Balaban J connectivity index is 2.02. The normalized spacial score (nSPS) is 24.8. The summed E-state index contributed by atoms with van der Waals surface area (Å²) in [6.45, 7) is 5.71. The number of para-hydroxylation sites is 1. The van der Waals surface area contributed by atoms with Crippen LogP contribution < -0.4 is 4.90 Å². The number of fused-ring (bicyclic) bond motifs is 3. The number of hydrogen-bond donors (Lipinski definition) is 0. The van der Waals surface area contributed by atoms with Crippen molar-refractivity contribution < 1.29 is 4.79 Å². The fourth-order valence-electron chi connectivity index (χ4n) is 4.45. The van der Waals surface area contributed by atoms with E-state index in [9.17, 15) is 15.3 Å². The molecule has 5 heteroatoms. The second-order valence-corrected chi connectivity index (χ2v) is 9.39. The summed E-state index contributed by atoms with van der Waals surface area (Å²) in [4.78, 5) is 16.6. The molecule has 0 aliphatic carbocycles. The molecule has 0 saturated carbocycles. The van der Waals surface area contributed by atoms with Crippen LogP contribution in [0.3, 0.4) is 0 Å². The Labute approximate surface area is 169 Å². The Morgan fingerprint density at radius 1 is 1.14 bits per heavy atom. The molecule has 0 amide bonds. The number of thiophene rings is 1. The van der Waals surface area contributed by atoms with Crippen molar-refractivity contribution in [2.75, 3.05) is 4.90 Å². The molecule has 1 saturated heterocycles. The molecule has 3 heterocycles. The van der Waals surface area contributed by atoms with Gasteiger partial charge in [-0.15, -0.1) is 11.3 Å². The van der Waals surface area contributed by atoms with Gasteiger partial charge in [-0.3, -0.25) is 4.79 Å². The van der Waals surface area contributed by atoms with Gasteiger partial charge < -0.3 is 4.90 Å². The van der Waals surface area contributed by atoms with Crippen molar-refractivity contribution in [3.8, 4) is 12.1 Å². The van der Waals surface area contributed by atoms with Gasteiger partial charge in [0.2, 0.25) is 0 Å². The first-order chi connectivity index (χ1) is 13.3. The van der Waals surface area contributed by atoms with Crippen LogP contribution in [0.4, 0.5) is 5.69 Å². The summed E-state index contributed by atoms with van der Waals surface area (Å²) in [7, 11) is 0. The minimum atomic E-state index is -1.33. The third kappa shape index (κ3) is 2.44. The van der Waals surface area contributed by atoms with Crippen molar-refractivity contribution in [2.24, 2.45) is 10.8 Å². The van der Waals surface area contributed by atoms with E-state index in [2.05, 4.69) is 12.1 Å². The number of carbonyl (C=O) groups excluding carboxylic acids is 1. The highest BCUT2D eigenvalue weighted by atomic mass is 32.1. The average Bonchev–Trinajstić information content (AvgIpc) is 3.30. The standard InChI is InChI=1S/C23H21N3OS/c1-22(2,3)21(27)20-19(17-9-6-12-28-17)23(13-24,14-25)18-11-10-15-7-4-5-8-16(15)26(18)20/h4-12,18-20H,1-3H3/t18-,19+,20-/m0/s1. The van der Waals surface area contributed by atoms with Gasteiger partial charge in [0, 0.05) is 16.0 Å². The largest absolute Gasteiger partial charge is 0.351 e. The summed E-state index contributed by atoms with van der Waals surface area (Å²) >= 11 is 1.51. The summed E-state index contributed by atoms with van der Waals surface area (Å²) in [6, 6.07) is 15.3. The zero-order valence-electron chi connectivity index (χ0n) is 16.1. The smallest absolute Gasteiger partial charge is 0.177 e. The van der Waals surface area contributed by atoms with Crippen molar-refractivity contribution in [1.82, 2.24) is 0 Å². The molecule has 0 spiro atoms. The topological polar surface area (TPSA) is 67.9 Å². The van der Waals surface area contributed by atoms with E-state index in [1.54, 1.807) is 0 Å². The Kier molecular flexibility index (Phi) is 4.17. The SMILES string of the molecule is CC(C)(C)C(=O)[C@@H]1[C@@H](c2cccs2)C(C#N)(C#N)[C@@H]2C=Cc3ccccc3N12. The molecular formula is C23H21N3OS. The van der Waals surface area contributed by atoms with Crippen molar-refractivity contribution in [1.29, 1.82) is 10.5 Å². The zero-order chi connectivity index (χ0) is 20.1. The first-order valence-corrected chi connectivity index (χ1v) is 10.2. The maximum Gasteiger partial charge on any atom is 0.177 e. The lowest BCUT2D eigenvalue weighted by Gasteiger charge is -2.37. The molecule has 1 aromatic heterocycles. The number of benzene rings is 1. The van der Waals surface area contributed by atoms with Crippen LogP contribution in [0.2, 0.25) is 0 Å². The Morgan fingerprint density at radius 3 is 2.46 bits per heavy atom. The highest BCUT2D eigenvalue weighted by molar-refractivity contribution is 7.10. The maximum absolute atomic E-state index is 13.7. The molecule has 0 N–H and O–H groups in total. The third-order valence-electron chi connectivity index (χ3n) is 5.77. The summed E-state index contributed by atoms with van der Waals surface area (Å²) in [5, 5.41) is 22.4.